The van der Waals surface area contributed by atoms with Crippen LogP contribution in [0.3, 0.4) is 0 Å². The van der Waals surface area contributed by atoms with Crippen LogP contribution >= 0.6 is 0 Å². The number of hydrogen-bond acceptors (Lipinski definition) is 3. The lowest BCUT2D eigenvalue weighted by Gasteiger charge is -2.33. The molecule has 0 spiro atoms. The molecule has 1 aromatic heterocycles. The standard InChI is InChI=1S/C18H19B2F5N4O2/c1-15(2,18(22,23)24)31-6-5-13-26-11-4-3-10(7-12(11)27-13)8-29-9-16(21)17(19,20(16)25)28-14(29)30/h3-4,7H,5-6,8-9H2,1-2H3,(H,26,27)(H,28,30). The lowest BCUT2D eigenvalue weighted by Crippen LogP contribution is -2.58. The zero-order chi connectivity index (χ0) is 22.8. The van der Waals surface area contributed by atoms with Gasteiger partial charge in [0, 0.05) is 18.3 Å². The molecule has 2 radical (unpaired) electrons. The Morgan fingerprint density at radius 1 is 1.35 bits per heavy atom. The zero-order valence-electron chi connectivity index (χ0n) is 16.8. The normalized spacial score (nSPS) is 26.2. The third kappa shape index (κ3) is 3.56. The lowest BCUT2D eigenvalue weighted by atomic mass is 9.75. The number of rotatable bonds is 6. The van der Waals surface area contributed by atoms with Crippen LogP contribution in [-0.4, -0.2) is 71.6 Å². The number of halogens is 5. The molecule has 4 rings (SSSR count). The van der Waals surface area contributed by atoms with Gasteiger partial charge in [-0.2, -0.15) is 13.2 Å². The van der Waals surface area contributed by atoms with Crippen molar-refractivity contribution in [2.75, 3.05) is 13.2 Å². The number of fused-ring (bicyclic) bond motifs is 2. The van der Waals surface area contributed by atoms with Gasteiger partial charge in [0.2, 0.25) is 0 Å². The van der Waals surface area contributed by atoms with E-state index in [9.17, 15) is 26.7 Å². The molecule has 2 aliphatic rings. The maximum atomic E-state index is 14.5. The first-order valence-electron chi connectivity index (χ1n) is 9.64. The van der Waals surface area contributed by atoms with Crippen LogP contribution in [0.5, 0.6) is 0 Å². The summed E-state index contributed by atoms with van der Waals surface area (Å²) < 4.78 is 71.8. The van der Waals surface area contributed by atoms with Crippen LogP contribution in [0.1, 0.15) is 25.2 Å². The minimum atomic E-state index is -4.49. The first-order valence-corrected chi connectivity index (χ1v) is 9.64. The van der Waals surface area contributed by atoms with Crippen molar-refractivity contribution >= 4 is 31.9 Å². The van der Waals surface area contributed by atoms with E-state index < -0.39 is 42.2 Å². The van der Waals surface area contributed by atoms with Gasteiger partial charge in [0.1, 0.15) is 13.7 Å². The Morgan fingerprint density at radius 3 is 2.74 bits per heavy atom. The van der Waals surface area contributed by atoms with Crippen LogP contribution < -0.4 is 5.32 Å². The van der Waals surface area contributed by atoms with Crippen molar-refractivity contribution in [3.05, 3.63) is 29.6 Å². The first kappa shape index (κ1) is 21.9. The summed E-state index contributed by atoms with van der Waals surface area (Å²) in [5.41, 5.74) is -2.78. The molecule has 6 nitrogen and oxygen atoms in total. The van der Waals surface area contributed by atoms with Crippen molar-refractivity contribution in [2.45, 2.75) is 49.5 Å². The average molecular weight is 440 g/mol. The number of imidazole rings is 1. The molecule has 3 heterocycles. The van der Waals surface area contributed by atoms with Crippen LogP contribution in [0.4, 0.5) is 26.7 Å². The predicted molar refractivity (Wildman–Crippen MR) is 104 cm³/mol. The van der Waals surface area contributed by atoms with Crippen LogP contribution in [-0.2, 0) is 17.7 Å². The third-order valence-electron chi connectivity index (χ3n) is 5.88. The molecule has 2 unspecified atom stereocenters. The molecule has 0 aliphatic carbocycles. The Labute approximate surface area is 176 Å². The number of hydrogen-bond donors (Lipinski definition) is 2. The minimum absolute atomic E-state index is 0.0213. The second-order valence-corrected chi connectivity index (χ2v) is 8.52. The summed E-state index contributed by atoms with van der Waals surface area (Å²) in [4.78, 5) is 20.6. The summed E-state index contributed by atoms with van der Waals surface area (Å²) in [7, 11) is 5.55. The van der Waals surface area contributed by atoms with E-state index in [1.165, 1.54) is 0 Å². The van der Waals surface area contributed by atoms with Crippen molar-refractivity contribution in [3.63, 3.8) is 0 Å². The zero-order valence-corrected chi connectivity index (χ0v) is 16.8. The fourth-order valence-electron chi connectivity index (χ4n) is 3.62. The molecule has 2 aromatic rings. The monoisotopic (exact) mass is 440 g/mol. The molecule has 0 saturated carbocycles. The van der Waals surface area contributed by atoms with Gasteiger partial charge in [-0.05, 0) is 31.5 Å². The van der Waals surface area contributed by atoms with E-state index in [1.807, 2.05) is 0 Å². The number of carbonyl (C=O) groups is 1. The Hall–Kier alpha value is -2.30. The molecular weight excluding hydrogens is 421 g/mol. The second kappa shape index (κ2) is 6.85. The van der Waals surface area contributed by atoms with Gasteiger partial charge in [0.25, 0.3) is 0 Å². The fraction of sp³-hybridized carbons (Fsp3) is 0.556. The van der Waals surface area contributed by atoms with Gasteiger partial charge >= 0.3 is 19.2 Å². The van der Waals surface area contributed by atoms with Crippen molar-refractivity contribution < 1.29 is 31.4 Å². The van der Waals surface area contributed by atoms with Crippen molar-refractivity contribution in [3.8, 4) is 0 Å². The number of aromatic amines is 1. The van der Waals surface area contributed by atoms with Gasteiger partial charge in [0.15, 0.2) is 11.2 Å². The Balaban J connectivity index is 1.41. The van der Waals surface area contributed by atoms with E-state index in [0.717, 1.165) is 18.7 Å². The highest BCUT2D eigenvalue weighted by atomic mass is 19.4. The van der Waals surface area contributed by atoms with Crippen LogP contribution in [0.2, 0.25) is 0 Å². The maximum Gasteiger partial charge on any atom is 0.416 e. The quantitative estimate of drug-likeness (QED) is 0.537. The molecule has 13 heteroatoms. The summed E-state index contributed by atoms with van der Waals surface area (Å²) in [5, 5.41) is 0.211. The fourth-order valence-corrected chi connectivity index (χ4v) is 3.62. The largest absolute Gasteiger partial charge is 0.416 e. The molecule has 0 bridgehead atoms. The highest BCUT2D eigenvalue weighted by Gasteiger charge is 2.83. The van der Waals surface area contributed by atoms with Gasteiger partial charge in [-0.1, -0.05) is 6.07 Å². The number of aromatic nitrogens is 2. The average Bonchev–Trinajstić information content (AvgIpc) is 2.94. The van der Waals surface area contributed by atoms with E-state index in [-0.39, 0.29) is 19.6 Å². The number of nitrogens with zero attached hydrogens (tertiary/aromatic N) is 2. The van der Waals surface area contributed by atoms with Crippen molar-refractivity contribution in [2.24, 2.45) is 0 Å². The van der Waals surface area contributed by atoms with Crippen LogP contribution in [0, 0.1) is 0 Å². The number of benzene rings is 1. The van der Waals surface area contributed by atoms with E-state index in [4.69, 9.17) is 12.6 Å². The number of nitrogens with one attached hydrogen (secondary N) is 2. The molecule has 31 heavy (non-hydrogen) atoms. The summed E-state index contributed by atoms with van der Waals surface area (Å²) >= 11 is 0. The molecule has 2 N–H and O–H groups in total. The summed E-state index contributed by atoms with van der Waals surface area (Å²) in [6, 6.07) is 4.37. The second-order valence-electron chi connectivity index (χ2n) is 8.52. The molecule has 2 amide bonds. The SMILES string of the molecule is [B]C12NC(=O)N(Cc3ccc4nc(CCOC(C)(C)C(F)(F)F)[nH]c4c3)CC1(F)B2F. The number of carbonyl (C=O) groups excluding carboxylic acids is 1. The number of H-pyrrole nitrogens is 1. The smallest absolute Gasteiger partial charge is 0.366 e. The molecule has 164 valence electrons. The Kier molecular flexibility index (Phi) is 4.84. The minimum Gasteiger partial charge on any atom is -0.366 e. The number of urea groups is 1. The summed E-state index contributed by atoms with van der Waals surface area (Å²) in [6.45, 7) is -0.675. The van der Waals surface area contributed by atoms with Gasteiger partial charge in [-0.25, -0.2) is 14.2 Å². The highest BCUT2D eigenvalue weighted by Crippen LogP contribution is 2.51. The van der Waals surface area contributed by atoms with Crippen molar-refractivity contribution in [1.82, 2.24) is 20.2 Å². The molecule has 1 aromatic carbocycles. The van der Waals surface area contributed by atoms with Crippen LogP contribution in [0.15, 0.2) is 18.2 Å². The van der Waals surface area contributed by atoms with Gasteiger partial charge in [0.05, 0.1) is 24.2 Å². The summed E-state index contributed by atoms with van der Waals surface area (Å²) in [6.07, 6.45) is -4.35. The molecule has 2 aliphatic heterocycles. The van der Waals surface area contributed by atoms with E-state index >= 15 is 0 Å². The van der Waals surface area contributed by atoms with Crippen molar-refractivity contribution in [1.29, 1.82) is 0 Å². The van der Waals surface area contributed by atoms with E-state index in [0.29, 0.717) is 22.4 Å². The molecule has 2 atom stereocenters. The number of ether oxygens (including phenoxy) is 1. The first-order chi connectivity index (χ1) is 14.3. The van der Waals surface area contributed by atoms with Gasteiger partial charge in [-0.15, -0.1) is 0 Å². The molecular formula is C18H19B2F5N4O2. The highest BCUT2D eigenvalue weighted by molar-refractivity contribution is 6.83. The van der Waals surface area contributed by atoms with Gasteiger partial charge in [-0.3, -0.25) is 0 Å². The molecule has 2 fully saturated rings. The predicted octanol–water partition coefficient (Wildman–Crippen LogP) is 2.61. The van der Waals surface area contributed by atoms with E-state index in [1.54, 1.807) is 18.2 Å². The summed E-state index contributed by atoms with van der Waals surface area (Å²) in [5.74, 6) is 0.440. The third-order valence-corrected chi connectivity index (χ3v) is 5.88. The van der Waals surface area contributed by atoms with Crippen LogP contribution in [0.25, 0.3) is 11.0 Å². The number of alkyl halides is 4. The maximum absolute atomic E-state index is 14.5. The molecule has 2 saturated heterocycles. The number of amides is 2. The van der Waals surface area contributed by atoms with Gasteiger partial charge < -0.3 is 24.3 Å². The topological polar surface area (TPSA) is 70.2 Å². The van der Waals surface area contributed by atoms with E-state index in [2.05, 4.69) is 15.3 Å². The lowest BCUT2D eigenvalue weighted by molar-refractivity contribution is -0.263. The Bertz CT molecular complexity index is 1030. The Morgan fingerprint density at radius 2 is 2.06 bits per heavy atom.